The zero-order valence-electron chi connectivity index (χ0n) is 18.3. The van der Waals surface area contributed by atoms with Crippen LogP contribution in [-0.4, -0.2) is 6.09 Å². The summed E-state index contributed by atoms with van der Waals surface area (Å²) in [5.74, 6) is -0.429. The van der Waals surface area contributed by atoms with Crippen LogP contribution in [0.5, 0.6) is 11.5 Å². The Hall–Kier alpha value is -4.02. The van der Waals surface area contributed by atoms with Crippen LogP contribution in [0.1, 0.15) is 16.9 Å². The third-order valence-corrected chi connectivity index (χ3v) is 6.84. The van der Waals surface area contributed by atoms with Crippen LogP contribution >= 0.6 is 7.60 Å². The predicted molar refractivity (Wildman–Crippen MR) is 131 cm³/mol. The molecule has 0 saturated heterocycles. The first-order valence-corrected chi connectivity index (χ1v) is 12.3. The van der Waals surface area contributed by atoms with Gasteiger partial charge in [-0.05, 0) is 35.4 Å². The van der Waals surface area contributed by atoms with Gasteiger partial charge in [0.05, 0.1) is 0 Å². The van der Waals surface area contributed by atoms with E-state index in [2.05, 4.69) is 5.32 Å². The number of carbonyl (C=O) groups excluding carboxylic acids is 1. The average molecular weight is 473 g/mol. The minimum absolute atomic E-state index is 0.0670. The van der Waals surface area contributed by atoms with Crippen LogP contribution in [0.15, 0.2) is 121 Å². The van der Waals surface area contributed by atoms with Gasteiger partial charge in [-0.25, -0.2) is 9.36 Å². The van der Waals surface area contributed by atoms with E-state index in [-0.39, 0.29) is 6.61 Å². The maximum atomic E-state index is 14.3. The molecule has 0 saturated carbocycles. The molecule has 0 radical (unpaired) electrons. The van der Waals surface area contributed by atoms with Gasteiger partial charge in [-0.2, -0.15) is 0 Å². The zero-order chi connectivity index (χ0) is 23.6. The van der Waals surface area contributed by atoms with Crippen LogP contribution in [0.4, 0.5) is 4.79 Å². The molecule has 7 heteroatoms. The molecule has 0 aliphatic carbocycles. The van der Waals surface area contributed by atoms with Crippen LogP contribution in [0.25, 0.3) is 0 Å². The van der Waals surface area contributed by atoms with Gasteiger partial charge in [0.1, 0.15) is 18.1 Å². The summed E-state index contributed by atoms with van der Waals surface area (Å²) in [7, 11) is -4.06. The van der Waals surface area contributed by atoms with Gasteiger partial charge in [-0.15, -0.1) is 0 Å². The topological polar surface area (TPSA) is 73.9 Å². The number of para-hydroxylation sites is 2. The number of amides is 1. The van der Waals surface area contributed by atoms with E-state index in [0.29, 0.717) is 17.1 Å². The van der Waals surface area contributed by atoms with Crippen molar-refractivity contribution < 1.29 is 23.1 Å². The van der Waals surface area contributed by atoms with Crippen molar-refractivity contribution in [3.05, 3.63) is 132 Å². The van der Waals surface area contributed by atoms with Crippen molar-refractivity contribution in [3.8, 4) is 11.5 Å². The lowest BCUT2D eigenvalue weighted by atomic mass is 10.2. The van der Waals surface area contributed by atoms with Crippen molar-refractivity contribution in [2.24, 2.45) is 0 Å². The lowest BCUT2D eigenvalue weighted by molar-refractivity contribution is 0.137. The summed E-state index contributed by atoms with van der Waals surface area (Å²) in [5.41, 5.74) is 1.38. The van der Waals surface area contributed by atoms with Crippen molar-refractivity contribution in [1.82, 2.24) is 5.32 Å². The minimum Gasteiger partial charge on any atom is -0.445 e. The van der Waals surface area contributed by atoms with Gasteiger partial charge in [0.15, 0.2) is 5.78 Å². The third-order valence-electron chi connectivity index (χ3n) is 4.85. The van der Waals surface area contributed by atoms with Crippen molar-refractivity contribution in [2.45, 2.75) is 12.4 Å². The van der Waals surface area contributed by atoms with E-state index in [0.717, 1.165) is 5.56 Å². The van der Waals surface area contributed by atoms with Crippen molar-refractivity contribution in [3.63, 3.8) is 0 Å². The van der Waals surface area contributed by atoms with Gasteiger partial charge in [0.25, 0.3) is 0 Å². The van der Waals surface area contributed by atoms with Gasteiger partial charge in [-0.1, -0.05) is 97.1 Å². The Bertz CT molecular complexity index is 1180. The number of nitrogens with one attached hydrogen (secondary N) is 1. The molecular weight excluding hydrogens is 449 g/mol. The molecule has 1 unspecified atom stereocenters. The number of ether oxygens (including phenoxy) is 1. The lowest BCUT2D eigenvalue weighted by Crippen LogP contribution is -2.31. The Balaban J connectivity index is 1.64. The zero-order valence-corrected chi connectivity index (χ0v) is 19.2. The summed E-state index contributed by atoms with van der Waals surface area (Å²) in [6.07, 6.45) is -0.744. The fourth-order valence-corrected chi connectivity index (χ4v) is 5.12. The predicted octanol–water partition coefficient (Wildman–Crippen LogP) is 6.96. The highest BCUT2D eigenvalue weighted by molar-refractivity contribution is 7.55. The number of hydrogen-bond donors (Lipinski definition) is 1. The highest BCUT2D eigenvalue weighted by atomic mass is 31.2. The second kappa shape index (κ2) is 11.2. The summed E-state index contributed by atoms with van der Waals surface area (Å²) < 4.78 is 31.6. The Kier molecular flexibility index (Phi) is 7.63. The Morgan fingerprint density at radius 3 is 1.62 bits per heavy atom. The lowest BCUT2D eigenvalue weighted by Gasteiger charge is -2.28. The summed E-state index contributed by atoms with van der Waals surface area (Å²) in [5, 5.41) is 2.71. The molecule has 0 bridgehead atoms. The van der Waals surface area contributed by atoms with E-state index in [9.17, 15) is 9.36 Å². The third kappa shape index (κ3) is 6.27. The fraction of sp³-hybridized carbons (Fsp3) is 0.0741. The average Bonchev–Trinajstić information content (AvgIpc) is 2.88. The highest BCUT2D eigenvalue weighted by Gasteiger charge is 2.42. The normalized spacial score (nSPS) is 11.8. The first-order valence-electron chi connectivity index (χ1n) is 10.7. The molecule has 34 heavy (non-hydrogen) atoms. The van der Waals surface area contributed by atoms with Gasteiger partial charge in [0, 0.05) is 0 Å². The molecule has 1 amide bonds. The molecule has 0 aliphatic heterocycles. The molecule has 0 heterocycles. The molecule has 0 aromatic heterocycles. The Labute approximate surface area is 198 Å². The second-order valence-corrected chi connectivity index (χ2v) is 9.33. The van der Waals surface area contributed by atoms with Crippen molar-refractivity contribution >= 4 is 13.7 Å². The second-order valence-electron chi connectivity index (χ2n) is 7.37. The molecule has 4 rings (SSSR count). The van der Waals surface area contributed by atoms with Gasteiger partial charge in [-0.3, -0.25) is 0 Å². The fourth-order valence-electron chi connectivity index (χ4n) is 3.24. The molecule has 0 fully saturated rings. The van der Waals surface area contributed by atoms with Gasteiger partial charge >= 0.3 is 13.7 Å². The summed E-state index contributed by atoms with van der Waals surface area (Å²) >= 11 is 0. The van der Waals surface area contributed by atoms with Crippen molar-refractivity contribution in [2.75, 3.05) is 0 Å². The Morgan fingerprint density at radius 1 is 0.676 bits per heavy atom. The maximum Gasteiger partial charge on any atom is 0.457 e. The molecule has 4 aromatic carbocycles. The van der Waals surface area contributed by atoms with Crippen LogP contribution in [0.3, 0.4) is 0 Å². The summed E-state index contributed by atoms with van der Waals surface area (Å²) in [6, 6.07) is 35.6. The number of alkyl carbamates (subject to hydrolysis) is 1. The van der Waals surface area contributed by atoms with Crippen molar-refractivity contribution in [1.29, 1.82) is 0 Å². The molecule has 0 aliphatic rings. The number of rotatable bonds is 9. The molecule has 172 valence electrons. The maximum absolute atomic E-state index is 14.3. The number of hydrogen-bond acceptors (Lipinski definition) is 5. The number of carbonyl (C=O) groups is 1. The van der Waals surface area contributed by atoms with E-state index in [4.69, 9.17) is 13.8 Å². The SMILES string of the molecule is O=C(NC(c1ccccc1)P(=O)(Oc1ccccc1)Oc1ccccc1)OCc1ccccc1. The molecule has 1 N–H and O–H groups in total. The smallest absolute Gasteiger partial charge is 0.445 e. The van der Waals surface area contributed by atoms with Crippen LogP contribution in [-0.2, 0) is 15.9 Å². The van der Waals surface area contributed by atoms with Crippen LogP contribution in [0, 0.1) is 0 Å². The quantitative estimate of drug-likeness (QED) is 0.266. The van der Waals surface area contributed by atoms with E-state index >= 15 is 0 Å². The molecule has 0 spiro atoms. The first-order chi connectivity index (χ1) is 16.6. The molecule has 4 aromatic rings. The monoisotopic (exact) mass is 473 g/mol. The summed E-state index contributed by atoms with van der Waals surface area (Å²) in [4.78, 5) is 12.8. The van der Waals surface area contributed by atoms with E-state index in [1.807, 2.05) is 48.5 Å². The summed E-state index contributed by atoms with van der Waals surface area (Å²) in [6.45, 7) is 0.0670. The molecule has 6 nitrogen and oxygen atoms in total. The van der Waals surface area contributed by atoms with Gasteiger partial charge < -0.3 is 19.1 Å². The van der Waals surface area contributed by atoms with Crippen LogP contribution in [0.2, 0.25) is 0 Å². The highest BCUT2D eigenvalue weighted by Crippen LogP contribution is 2.58. The standard InChI is InChI=1S/C27H24NO5P/c29-27(31-21-22-13-5-1-6-14-22)28-26(23-15-7-2-8-16-23)34(30,32-24-17-9-3-10-18-24)33-25-19-11-4-12-20-25/h1-20,26H,21H2,(H,28,29). The van der Waals surface area contributed by atoms with Crippen LogP contribution < -0.4 is 14.4 Å². The minimum atomic E-state index is -4.06. The Morgan fingerprint density at radius 2 is 1.12 bits per heavy atom. The largest absolute Gasteiger partial charge is 0.457 e. The van der Waals surface area contributed by atoms with Gasteiger partial charge in [0.2, 0.25) is 0 Å². The molecule has 1 atom stereocenters. The number of benzene rings is 4. The van der Waals surface area contributed by atoms with E-state index in [1.165, 1.54) is 0 Å². The van der Waals surface area contributed by atoms with E-state index < -0.39 is 19.5 Å². The van der Waals surface area contributed by atoms with E-state index in [1.54, 1.807) is 72.8 Å². The first kappa shape index (κ1) is 23.1. The molecular formula is C27H24NO5P.